The Kier molecular flexibility index (Phi) is 6.50. The highest BCUT2D eigenvalue weighted by atomic mass is 16.5. The van der Waals surface area contributed by atoms with Crippen LogP contribution in [0, 0.1) is 0 Å². The van der Waals surface area contributed by atoms with Gasteiger partial charge in [-0.05, 0) is 32.0 Å². The quantitative estimate of drug-likeness (QED) is 0.697. The smallest absolute Gasteiger partial charge is 0.252 e. The number of hydrogen-bond acceptors (Lipinski definition) is 7. The number of nitrogens with two attached hydrogens (primary N) is 2. The Hall–Kier alpha value is -2.91. The molecular formula is C20H26N4O5. The number of carbonyl (C=O) groups excluding carboxylic acids is 2. The average Bonchev–Trinajstić information content (AvgIpc) is 2.70. The lowest BCUT2D eigenvalue weighted by molar-refractivity contribution is -0.138. The third-order valence-corrected chi connectivity index (χ3v) is 4.52. The van der Waals surface area contributed by atoms with Gasteiger partial charge in [0.25, 0.3) is 5.91 Å². The van der Waals surface area contributed by atoms with Crippen molar-refractivity contribution in [3.63, 3.8) is 0 Å². The van der Waals surface area contributed by atoms with E-state index in [0.717, 1.165) is 0 Å². The van der Waals surface area contributed by atoms with E-state index in [1.165, 1.54) is 0 Å². The molecule has 1 fully saturated rings. The van der Waals surface area contributed by atoms with E-state index >= 15 is 0 Å². The minimum atomic E-state index is -0.587. The van der Waals surface area contributed by atoms with E-state index < -0.39 is 5.91 Å². The lowest BCUT2D eigenvalue weighted by atomic mass is 10.1. The first-order chi connectivity index (χ1) is 13.9. The summed E-state index contributed by atoms with van der Waals surface area (Å²) in [5, 5.41) is 0.693. The molecule has 2 aromatic rings. The van der Waals surface area contributed by atoms with Gasteiger partial charge in [0.05, 0.1) is 36.9 Å². The van der Waals surface area contributed by atoms with E-state index in [1.807, 2.05) is 13.8 Å². The first-order valence-corrected chi connectivity index (χ1v) is 9.50. The van der Waals surface area contributed by atoms with Crippen LogP contribution < -0.4 is 20.9 Å². The number of amides is 2. The zero-order valence-electron chi connectivity index (χ0n) is 16.6. The maximum Gasteiger partial charge on any atom is 0.252 e. The molecular weight excluding hydrogens is 376 g/mol. The molecule has 2 heterocycles. The van der Waals surface area contributed by atoms with Gasteiger partial charge >= 0.3 is 0 Å². The summed E-state index contributed by atoms with van der Waals surface area (Å²) in [5.74, 6) is 0.259. The summed E-state index contributed by atoms with van der Waals surface area (Å²) in [6.45, 7) is 5.35. The molecule has 2 amide bonds. The van der Waals surface area contributed by atoms with Crippen LogP contribution in [0.1, 0.15) is 24.2 Å². The van der Waals surface area contributed by atoms with Crippen LogP contribution in [0.4, 0.5) is 0 Å². The molecule has 0 saturated carbocycles. The summed E-state index contributed by atoms with van der Waals surface area (Å²) in [6.07, 6.45) is 1.20. The van der Waals surface area contributed by atoms with E-state index in [0.29, 0.717) is 42.1 Å². The topological polar surface area (TPSA) is 130 Å². The van der Waals surface area contributed by atoms with E-state index in [9.17, 15) is 9.59 Å². The van der Waals surface area contributed by atoms with Crippen molar-refractivity contribution in [3.05, 3.63) is 30.0 Å². The molecule has 1 aromatic heterocycles. The standard InChI is InChI=1S/C20H26N4O5/c1-12(2)29-18-8-14-16(7-15(18)20(22)26)23-4-3-17(14)28-11-13-10-24(5-6-27-13)19(25)9-21/h3-4,7-8,12-13H,5-6,9-11,21H2,1-2H3,(H2,22,26). The van der Waals surface area contributed by atoms with Gasteiger partial charge in [-0.1, -0.05) is 0 Å². The Balaban J connectivity index is 1.82. The van der Waals surface area contributed by atoms with Crippen LogP contribution >= 0.6 is 0 Å². The third kappa shape index (κ3) is 4.93. The van der Waals surface area contributed by atoms with Gasteiger partial charge in [-0.15, -0.1) is 0 Å². The maximum atomic E-state index is 11.8. The zero-order valence-corrected chi connectivity index (χ0v) is 16.6. The van der Waals surface area contributed by atoms with E-state index in [1.54, 1.807) is 29.3 Å². The lowest BCUT2D eigenvalue weighted by Crippen LogP contribution is -2.49. The van der Waals surface area contributed by atoms with E-state index in [2.05, 4.69) is 4.98 Å². The molecule has 3 rings (SSSR count). The molecule has 0 radical (unpaired) electrons. The summed E-state index contributed by atoms with van der Waals surface area (Å²) in [7, 11) is 0. The van der Waals surface area contributed by atoms with Crippen LogP contribution in [0.3, 0.4) is 0 Å². The Morgan fingerprint density at radius 3 is 2.83 bits per heavy atom. The first-order valence-electron chi connectivity index (χ1n) is 9.50. The number of pyridine rings is 1. The van der Waals surface area contributed by atoms with Crippen LogP contribution in [0.2, 0.25) is 0 Å². The van der Waals surface area contributed by atoms with Crippen LogP contribution in [-0.4, -0.2) is 66.8 Å². The van der Waals surface area contributed by atoms with Crippen LogP contribution in [-0.2, 0) is 9.53 Å². The third-order valence-electron chi connectivity index (χ3n) is 4.52. The fraction of sp³-hybridized carbons (Fsp3) is 0.450. The molecule has 0 bridgehead atoms. The molecule has 1 atom stereocenters. The summed E-state index contributed by atoms with van der Waals surface area (Å²) in [5.41, 5.74) is 11.8. The van der Waals surface area contributed by atoms with Gasteiger partial charge in [0.1, 0.15) is 24.2 Å². The highest BCUT2D eigenvalue weighted by molar-refractivity contribution is 6.01. The van der Waals surface area contributed by atoms with Gasteiger partial charge < -0.3 is 30.6 Å². The predicted octanol–water partition coefficient (Wildman–Crippen LogP) is 0.686. The Morgan fingerprint density at radius 1 is 1.34 bits per heavy atom. The van der Waals surface area contributed by atoms with Gasteiger partial charge in [-0.2, -0.15) is 0 Å². The van der Waals surface area contributed by atoms with Gasteiger partial charge in [0.15, 0.2) is 0 Å². The Morgan fingerprint density at radius 2 is 2.14 bits per heavy atom. The van der Waals surface area contributed by atoms with Gasteiger partial charge in [-0.3, -0.25) is 14.6 Å². The molecule has 1 saturated heterocycles. The molecule has 1 aliphatic heterocycles. The number of nitrogens with zero attached hydrogens (tertiary/aromatic N) is 2. The van der Waals surface area contributed by atoms with Crippen LogP contribution in [0.25, 0.3) is 10.9 Å². The van der Waals surface area contributed by atoms with E-state index in [4.69, 9.17) is 25.7 Å². The predicted molar refractivity (Wildman–Crippen MR) is 107 cm³/mol. The number of rotatable bonds is 7. The second-order valence-electron chi connectivity index (χ2n) is 7.05. The molecule has 1 unspecified atom stereocenters. The summed E-state index contributed by atoms with van der Waals surface area (Å²) in [6, 6.07) is 5.04. The Bertz CT molecular complexity index is 902. The normalized spacial score (nSPS) is 16.8. The molecule has 29 heavy (non-hydrogen) atoms. The SMILES string of the molecule is CC(C)Oc1cc2c(OCC3CN(C(=O)CN)CCO3)ccnc2cc1C(N)=O. The van der Waals surface area contributed by atoms with Crippen molar-refractivity contribution in [1.29, 1.82) is 0 Å². The molecule has 0 spiro atoms. The number of carbonyl (C=O) groups is 2. The molecule has 9 heteroatoms. The minimum absolute atomic E-state index is 0.0244. The minimum Gasteiger partial charge on any atom is -0.490 e. The second-order valence-corrected chi connectivity index (χ2v) is 7.05. The number of morpholine rings is 1. The molecule has 1 aromatic carbocycles. The number of hydrogen-bond donors (Lipinski definition) is 2. The fourth-order valence-electron chi connectivity index (χ4n) is 3.18. The highest BCUT2D eigenvalue weighted by Gasteiger charge is 2.24. The van der Waals surface area contributed by atoms with Crippen molar-refractivity contribution in [2.24, 2.45) is 11.5 Å². The number of aromatic nitrogens is 1. The van der Waals surface area contributed by atoms with E-state index in [-0.39, 0.29) is 36.8 Å². The zero-order chi connectivity index (χ0) is 21.0. The van der Waals surface area contributed by atoms with Crippen molar-refractivity contribution < 1.29 is 23.8 Å². The largest absolute Gasteiger partial charge is 0.490 e. The van der Waals surface area contributed by atoms with Crippen molar-refractivity contribution in [3.8, 4) is 11.5 Å². The van der Waals surface area contributed by atoms with Gasteiger partial charge in [0.2, 0.25) is 5.91 Å². The summed E-state index contributed by atoms with van der Waals surface area (Å²) in [4.78, 5) is 29.6. The van der Waals surface area contributed by atoms with Crippen molar-refractivity contribution >= 4 is 22.7 Å². The monoisotopic (exact) mass is 402 g/mol. The first kappa shape index (κ1) is 20.8. The molecule has 156 valence electrons. The van der Waals surface area contributed by atoms with Crippen molar-refractivity contribution in [1.82, 2.24) is 9.88 Å². The number of ether oxygens (including phenoxy) is 3. The van der Waals surface area contributed by atoms with Gasteiger partial charge in [-0.25, -0.2) is 0 Å². The van der Waals surface area contributed by atoms with Gasteiger partial charge in [0, 0.05) is 18.1 Å². The fourth-order valence-corrected chi connectivity index (χ4v) is 3.18. The van der Waals surface area contributed by atoms with Crippen LogP contribution in [0.5, 0.6) is 11.5 Å². The number of benzene rings is 1. The molecule has 9 nitrogen and oxygen atoms in total. The van der Waals surface area contributed by atoms with Crippen molar-refractivity contribution in [2.75, 3.05) is 32.8 Å². The molecule has 0 aliphatic carbocycles. The summed E-state index contributed by atoms with van der Waals surface area (Å²) >= 11 is 0. The number of primary amides is 1. The van der Waals surface area contributed by atoms with Crippen LogP contribution in [0.15, 0.2) is 24.4 Å². The average molecular weight is 402 g/mol. The molecule has 4 N–H and O–H groups in total. The highest BCUT2D eigenvalue weighted by Crippen LogP contribution is 2.31. The van der Waals surface area contributed by atoms with Crippen molar-refractivity contribution in [2.45, 2.75) is 26.1 Å². The number of fused-ring (bicyclic) bond motifs is 1. The molecule has 1 aliphatic rings. The lowest BCUT2D eigenvalue weighted by Gasteiger charge is -2.32. The summed E-state index contributed by atoms with van der Waals surface area (Å²) < 4.78 is 17.4. The second kappa shape index (κ2) is 9.06. The maximum absolute atomic E-state index is 11.8. The Labute approximate surface area is 168 Å².